The average Bonchev–Trinajstić information content (AvgIpc) is 3.11. The summed E-state index contributed by atoms with van der Waals surface area (Å²) in [5, 5.41) is 20.8. The number of benzene rings is 1. The van der Waals surface area contributed by atoms with Crippen LogP contribution in [0.5, 0.6) is 0 Å². The van der Waals surface area contributed by atoms with Gasteiger partial charge in [0, 0.05) is 0 Å². The van der Waals surface area contributed by atoms with Crippen LogP contribution in [0.15, 0.2) is 30.0 Å². The van der Waals surface area contributed by atoms with Gasteiger partial charge in [-0.1, -0.05) is 11.3 Å². The molecular formula is C10H6FN7OS. The highest BCUT2D eigenvalue weighted by molar-refractivity contribution is 7.13. The van der Waals surface area contributed by atoms with E-state index >= 15 is 0 Å². The summed E-state index contributed by atoms with van der Waals surface area (Å²) in [7, 11) is 0. The first-order valence-corrected chi connectivity index (χ1v) is 6.22. The fourth-order valence-electron chi connectivity index (χ4n) is 1.55. The maximum Gasteiger partial charge on any atom is 0.259 e. The largest absolute Gasteiger partial charge is 0.296 e. The van der Waals surface area contributed by atoms with Gasteiger partial charge < -0.3 is 0 Å². The molecule has 0 saturated carbocycles. The van der Waals surface area contributed by atoms with Gasteiger partial charge in [0.25, 0.3) is 5.91 Å². The minimum atomic E-state index is -0.538. The van der Waals surface area contributed by atoms with Crippen molar-refractivity contribution in [3.63, 3.8) is 0 Å². The van der Waals surface area contributed by atoms with Crippen LogP contribution >= 0.6 is 11.3 Å². The molecule has 10 heteroatoms. The zero-order chi connectivity index (χ0) is 13.9. The lowest BCUT2D eigenvalue weighted by atomic mass is 10.1. The number of carbonyl (C=O) groups is 1. The molecule has 0 aliphatic carbocycles. The minimum absolute atomic E-state index is 0.0903. The molecule has 20 heavy (non-hydrogen) atoms. The van der Waals surface area contributed by atoms with Gasteiger partial charge in [0.15, 0.2) is 0 Å². The van der Waals surface area contributed by atoms with E-state index in [1.807, 2.05) is 0 Å². The second kappa shape index (κ2) is 5.09. The first-order chi connectivity index (χ1) is 9.74. The van der Waals surface area contributed by atoms with Gasteiger partial charge in [0.05, 0.1) is 11.3 Å². The van der Waals surface area contributed by atoms with E-state index in [4.69, 9.17) is 0 Å². The van der Waals surface area contributed by atoms with Crippen molar-refractivity contribution in [1.29, 1.82) is 0 Å². The maximum atomic E-state index is 13.4. The van der Waals surface area contributed by atoms with E-state index in [1.54, 1.807) is 0 Å². The summed E-state index contributed by atoms with van der Waals surface area (Å²) >= 11 is 1.16. The van der Waals surface area contributed by atoms with E-state index in [9.17, 15) is 9.18 Å². The van der Waals surface area contributed by atoms with Crippen molar-refractivity contribution in [1.82, 2.24) is 30.4 Å². The van der Waals surface area contributed by atoms with Crippen molar-refractivity contribution in [3.05, 3.63) is 41.4 Å². The molecule has 0 unspecified atom stereocenters. The van der Waals surface area contributed by atoms with E-state index in [0.29, 0.717) is 10.8 Å². The van der Waals surface area contributed by atoms with Gasteiger partial charge in [-0.25, -0.2) is 4.39 Å². The molecule has 0 bridgehead atoms. The smallest absolute Gasteiger partial charge is 0.259 e. The van der Waals surface area contributed by atoms with Crippen LogP contribution < -0.4 is 5.32 Å². The van der Waals surface area contributed by atoms with E-state index in [1.165, 1.54) is 28.7 Å². The number of hydrogen-bond donors (Lipinski definition) is 1. The van der Waals surface area contributed by atoms with Gasteiger partial charge in [-0.3, -0.25) is 10.1 Å². The van der Waals surface area contributed by atoms with Gasteiger partial charge in [-0.2, -0.15) is 4.68 Å². The highest BCUT2D eigenvalue weighted by Crippen LogP contribution is 2.17. The zero-order valence-electron chi connectivity index (χ0n) is 9.76. The predicted octanol–water partition coefficient (Wildman–Crippen LogP) is 0.905. The molecule has 1 N–H and O–H groups in total. The summed E-state index contributed by atoms with van der Waals surface area (Å²) in [5.74, 6) is -1.06. The molecule has 3 aromatic rings. The average molecular weight is 291 g/mol. The molecule has 0 saturated heterocycles. The molecule has 2 heterocycles. The van der Waals surface area contributed by atoms with E-state index in [0.717, 1.165) is 17.4 Å². The van der Waals surface area contributed by atoms with Crippen LogP contribution in [0.3, 0.4) is 0 Å². The zero-order valence-corrected chi connectivity index (χ0v) is 10.6. The topological polar surface area (TPSA) is 98.5 Å². The molecule has 100 valence electrons. The third-order valence-corrected chi connectivity index (χ3v) is 2.99. The molecule has 1 aromatic carbocycles. The second-order valence-corrected chi connectivity index (χ2v) is 4.45. The van der Waals surface area contributed by atoms with Crippen LogP contribution in [0.25, 0.3) is 5.69 Å². The van der Waals surface area contributed by atoms with Crippen LogP contribution in [-0.2, 0) is 0 Å². The van der Waals surface area contributed by atoms with Crippen molar-refractivity contribution >= 4 is 22.4 Å². The molecule has 1 amide bonds. The standard InChI is InChI=1S/C10H6FN7OS/c11-6-1-2-8(18-4-12-16-17-18)7(3-6)9(19)14-10-15-13-5-20-10/h1-5H,(H,14,15,19). The third-order valence-electron chi connectivity index (χ3n) is 2.38. The Bertz CT molecular complexity index is 728. The normalized spacial score (nSPS) is 10.4. The van der Waals surface area contributed by atoms with Crippen molar-refractivity contribution in [2.45, 2.75) is 0 Å². The number of rotatable bonds is 3. The van der Waals surface area contributed by atoms with Crippen LogP contribution in [-0.4, -0.2) is 36.3 Å². The molecule has 0 aliphatic heterocycles. The fourth-order valence-corrected chi connectivity index (χ4v) is 1.99. The summed E-state index contributed by atoms with van der Waals surface area (Å²) in [6, 6.07) is 3.74. The molecule has 0 aliphatic rings. The first kappa shape index (κ1) is 12.3. The molecule has 8 nitrogen and oxygen atoms in total. The second-order valence-electron chi connectivity index (χ2n) is 3.61. The fraction of sp³-hybridized carbons (Fsp3) is 0. The monoisotopic (exact) mass is 291 g/mol. The molecule has 0 radical (unpaired) electrons. The van der Waals surface area contributed by atoms with Gasteiger partial charge in [0.2, 0.25) is 5.13 Å². The number of hydrogen-bond acceptors (Lipinski definition) is 7. The number of nitrogens with zero attached hydrogens (tertiary/aromatic N) is 6. The Labute approximate surface area is 115 Å². The Morgan fingerprint density at radius 1 is 1.35 bits per heavy atom. The van der Waals surface area contributed by atoms with Gasteiger partial charge in [-0.15, -0.1) is 15.3 Å². The predicted molar refractivity (Wildman–Crippen MR) is 67.0 cm³/mol. The molecule has 0 spiro atoms. The van der Waals surface area contributed by atoms with Crippen LogP contribution in [0.2, 0.25) is 0 Å². The highest BCUT2D eigenvalue weighted by Gasteiger charge is 2.16. The molecule has 0 fully saturated rings. The van der Waals surface area contributed by atoms with Crippen molar-refractivity contribution in [2.24, 2.45) is 0 Å². The van der Waals surface area contributed by atoms with Gasteiger partial charge in [0.1, 0.15) is 17.7 Å². The summed E-state index contributed by atoms with van der Waals surface area (Å²) < 4.78 is 14.6. The van der Waals surface area contributed by atoms with Crippen LogP contribution in [0, 0.1) is 5.82 Å². The van der Waals surface area contributed by atoms with Crippen molar-refractivity contribution < 1.29 is 9.18 Å². The lowest BCUT2D eigenvalue weighted by molar-refractivity contribution is 0.102. The SMILES string of the molecule is O=C(Nc1nncs1)c1cc(F)ccc1-n1cnnn1. The number of carbonyl (C=O) groups excluding carboxylic acids is 1. The Balaban J connectivity index is 1.99. The van der Waals surface area contributed by atoms with Gasteiger partial charge in [-0.05, 0) is 28.6 Å². The molecule has 2 aromatic heterocycles. The Kier molecular flexibility index (Phi) is 3.13. The number of amides is 1. The number of anilines is 1. The summed E-state index contributed by atoms with van der Waals surface area (Å²) in [6.07, 6.45) is 1.31. The van der Waals surface area contributed by atoms with Crippen LogP contribution in [0.1, 0.15) is 10.4 Å². The van der Waals surface area contributed by atoms with Crippen molar-refractivity contribution in [2.75, 3.05) is 5.32 Å². The number of halogens is 1. The molecule has 0 atom stereocenters. The molecule has 3 rings (SSSR count). The minimum Gasteiger partial charge on any atom is -0.296 e. The Morgan fingerprint density at radius 3 is 2.95 bits per heavy atom. The maximum absolute atomic E-state index is 13.4. The Morgan fingerprint density at radius 2 is 2.25 bits per heavy atom. The highest BCUT2D eigenvalue weighted by atomic mass is 32.1. The van der Waals surface area contributed by atoms with Crippen molar-refractivity contribution in [3.8, 4) is 5.69 Å². The van der Waals surface area contributed by atoms with E-state index in [-0.39, 0.29) is 5.56 Å². The number of nitrogens with one attached hydrogen (secondary N) is 1. The van der Waals surface area contributed by atoms with E-state index in [2.05, 4.69) is 31.0 Å². The molecular weight excluding hydrogens is 285 g/mol. The first-order valence-electron chi connectivity index (χ1n) is 5.34. The Hall–Kier alpha value is -2.75. The van der Waals surface area contributed by atoms with Crippen LogP contribution in [0.4, 0.5) is 9.52 Å². The summed E-state index contributed by atoms with van der Waals surface area (Å²) in [4.78, 5) is 12.2. The van der Waals surface area contributed by atoms with Gasteiger partial charge >= 0.3 is 0 Å². The summed E-state index contributed by atoms with van der Waals surface area (Å²) in [5.41, 5.74) is 1.93. The number of tetrazole rings is 1. The van der Waals surface area contributed by atoms with E-state index < -0.39 is 11.7 Å². The summed E-state index contributed by atoms with van der Waals surface area (Å²) in [6.45, 7) is 0. The number of aromatic nitrogens is 6. The lowest BCUT2D eigenvalue weighted by Gasteiger charge is -2.07. The quantitative estimate of drug-likeness (QED) is 0.770. The third kappa shape index (κ3) is 2.36. The lowest BCUT2D eigenvalue weighted by Crippen LogP contribution is -2.15.